The van der Waals surface area contributed by atoms with Gasteiger partial charge in [-0.25, -0.2) is 12.8 Å². The summed E-state index contributed by atoms with van der Waals surface area (Å²) in [7, 11) is -3.50. The number of hydrogen-bond acceptors (Lipinski definition) is 3. The highest BCUT2D eigenvalue weighted by molar-refractivity contribution is 7.90. The summed E-state index contributed by atoms with van der Waals surface area (Å²) in [6, 6.07) is 8.91. The van der Waals surface area contributed by atoms with E-state index < -0.39 is 9.84 Å². The Balaban J connectivity index is 2.43. The standard InChI is InChI=1S/C15H16FNO2S/c1-10-3-6-14(17)8-15(10)20(18,19)9-12-4-5-13(16)7-11(12)2/h3-8H,9,17H2,1-2H3. The van der Waals surface area contributed by atoms with Crippen molar-refractivity contribution in [3.05, 3.63) is 58.9 Å². The van der Waals surface area contributed by atoms with Gasteiger partial charge >= 0.3 is 0 Å². The van der Waals surface area contributed by atoms with E-state index in [-0.39, 0.29) is 16.5 Å². The lowest BCUT2D eigenvalue weighted by molar-refractivity contribution is 0.594. The van der Waals surface area contributed by atoms with Crippen LogP contribution in [0.15, 0.2) is 41.3 Å². The second kappa shape index (κ2) is 5.25. The van der Waals surface area contributed by atoms with Gasteiger partial charge in [-0.1, -0.05) is 12.1 Å². The van der Waals surface area contributed by atoms with Crippen molar-refractivity contribution in [1.29, 1.82) is 0 Å². The van der Waals surface area contributed by atoms with E-state index in [9.17, 15) is 12.8 Å². The fraction of sp³-hybridized carbons (Fsp3) is 0.200. The smallest absolute Gasteiger partial charge is 0.182 e. The van der Waals surface area contributed by atoms with Crippen molar-refractivity contribution in [3.63, 3.8) is 0 Å². The molecule has 5 heteroatoms. The average Bonchev–Trinajstić information content (AvgIpc) is 2.35. The van der Waals surface area contributed by atoms with Gasteiger partial charge in [0.25, 0.3) is 0 Å². The van der Waals surface area contributed by atoms with Crippen LogP contribution >= 0.6 is 0 Å². The van der Waals surface area contributed by atoms with Gasteiger partial charge in [-0.05, 0) is 54.8 Å². The van der Waals surface area contributed by atoms with Gasteiger partial charge < -0.3 is 5.73 Å². The van der Waals surface area contributed by atoms with Gasteiger partial charge in [0.15, 0.2) is 9.84 Å². The van der Waals surface area contributed by atoms with Crippen molar-refractivity contribution in [1.82, 2.24) is 0 Å². The van der Waals surface area contributed by atoms with Crippen LogP contribution in [0.25, 0.3) is 0 Å². The molecule has 2 aromatic carbocycles. The summed E-state index contributed by atoms with van der Waals surface area (Å²) in [5.74, 6) is -0.535. The molecule has 106 valence electrons. The molecule has 0 bridgehead atoms. The van der Waals surface area contributed by atoms with Crippen molar-refractivity contribution in [2.45, 2.75) is 24.5 Å². The molecule has 0 unspecified atom stereocenters. The summed E-state index contributed by atoms with van der Waals surface area (Å²) in [6.45, 7) is 3.42. The first-order chi connectivity index (χ1) is 9.29. The Kier molecular flexibility index (Phi) is 3.81. The molecule has 0 aliphatic rings. The van der Waals surface area contributed by atoms with Crippen molar-refractivity contribution in [2.75, 3.05) is 5.73 Å². The lowest BCUT2D eigenvalue weighted by Gasteiger charge is -2.10. The Morgan fingerprint density at radius 2 is 1.75 bits per heavy atom. The van der Waals surface area contributed by atoms with Crippen LogP contribution in [0.2, 0.25) is 0 Å². The molecule has 2 aromatic rings. The van der Waals surface area contributed by atoms with Crippen LogP contribution in [0.4, 0.5) is 10.1 Å². The van der Waals surface area contributed by atoms with E-state index >= 15 is 0 Å². The SMILES string of the molecule is Cc1cc(F)ccc1CS(=O)(=O)c1cc(N)ccc1C. The van der Waals surface area contributed by atoms with E-state index in [1.807, 2.05) is 0 Å². The number of anilines is 1. The van der Waals surface area contributed by atoms with Crippen molar-refractivity contribution in [2.24, 2.45) is 0 Å². The van der Waals surface area contributed by atoms with Crippen LogP contribution in [0.3, 0.4) is 0 Å². The molecule has 20 heavy (non-hydrogen) atoms. The van der Waals surface area contributed by atoms with E-state index in [2.05, 4.69) is 0 Å². The molecule has 0 spiro atoms. The zero-order chi connectivity index (χ0) is 14.9. The van der Waals surface area contributed by atoms with E-state index in [1.165, 1.54) is 24.3 Å². The Hall–Kier alpha value is -1.88. The minimum absolute atomic E-state index is 0.163. The lowest BCUT2D eigenvalue weighted by atomic mass is 10.1. The largest absolute Gasteiger partial charge is 0.399 e. The zero-order valence-corrected chi connectivity index (χ0v) is 12.2. The topological polar surface area (TPSA) is 60.2 Å². The highest BCUT2D eigenvalue weighted by atomic mass is 32.2. The first-order valence-electron chi connectivity index (χ1n) is 6.13. The van der Waals surface area contributed by atoms with Crippen molar-refractivity contribution >= 4 is 15.5 Å². The third-order valence-corrected chi connectivity index (χ3v) is 5.00. The minimum atomic E-state index is -3.50. The highest BCUT2D eigenvalue weighted by Gasteiger charge is 2.19. The van der Waals surface area contributed by atoms with Crippen molar-refractivity contribution < 1.29 is 12.8 Å². The first-order valence-corrected chi connectivity index (χ1v) is 7.79. The minimum Gasteiger partial charge on any atom is -0.399 e. The Bertz CT molecular complexity index is 754. The predicted octanol–water partition coefficient (Wildman–Crippen LogP) is 3.00. The molecule has 0 atom stereocenters. The second-order valence-corrected chi connectivity index (χ2v) is 6.81. The molecule has 0 heterocycles. The summed E-state index contributed by atoms with van der Waals surface area (Å²) < 4.78 is 38.0. The fourth-order valence-corrected chi connectivity index (χ4v) is 3.82. The summed E-state index contributed by atoms with van der Waals surface area (Å²) in [5, 5.41) is 0. The van der Waals surface area contributed by atoms with Crippen LogP contribution in [-0.2, 0) is 15.6 Å². The lowest BCUT2D eigenvalue weighted by Crippen LogP contribution is -2.08. The van der Waals surface area contributed by atoms with Crippen LogP contribution < -0.4 is 5.73 Å². The normalized spacial score (nSPS) is 11.6. The van der Waals surface area contributed by atoms with Gasteiger partial charge in [0.05, 0.1) is 10.6 Å². The molecule has 2 rings (SSSR count). The molecule has 0 fully saturated rings. The third-order valence-electron chi connectivity index (χ3n) is 3.20. The van der Waals surface area contributed by atoms with Gasteiger partial charge in [-0.15, -0.1) is 0 Å². The molecule has 0 radical (unpaired) electrons. The number of benzene rings is 2. The third kappa shape index (κ3) is 2.99. The number of nitrogens with two attached hydrogens (primary N) is 1. The van der Waals surface area contributed by atoms with E-state index in [1.54, 1.807) is 26.0 Å². The maximum atomic E-state index is 13.1. The van der Waals surface area contributed by atoms with Crippen LogP contribution in [0, 0.1) is 19.7 Å². The summed E-state index contributed by atoms with van der Waals surface area (Å²) in [4.78, 5) is 0.223. The Labute approximate surface area is 118 Å². The monoisotopic (exact) mass is 293 g/mol. The highest BCUT2D eigenvalue weighted by Crippen LogP contribution is 2.24. The summed E-state index contributed by atoms with van der Waals surface area (Å²) in [6.07, 6.45) is 0. The van der Waals surface area contributed by atoms with Crippen LogP contribution in [0.5, 0.6) is 0 Å². The van der Waals surface area contributed by atoms with Gasteiger partial charge in [0.2, 0.25) is 0 Å². The number of nitrogen functional groups attached to an aromatic ring is 1. The summed E-state index contributed by atoms with van der Waals surface area (Å²) >= 11 is 0. The Morgan fingerprint density at radius 3 is 2.40 bits per heavy atom. The van der Waals surface area contributed by atoms with Crippen LogP contribution in [0.1, 0.15) is 16.7 Å². The molecule has 0 aliphatic carbocycles. The molecule has 0 saturated carbocycles. The molecular formula is C15H16FNO2S. The number of rotatable bonds is 3. The number of aryl methyl sites for hydroxylation is 2. The maximum Gasteiger partial charge on any atom is 0.182 e. The zero-order valence-electron chi connectivity index (χ0n) is 11.4. The average molecular weight is 293 g/mol. The number of hydrogen-bond donors (Lipinski definition) is 1. The van der Waals surface area contributed by atoms with E-state index in [0.717, 1.165) is 0 Å². The number of halogens is 1. The molecule has 2 N–H and O–H groups in total. The molecule has 0 aromatic heterocycles. The predicted molar refractivity (Wildman–Crippen MR) is 77.6 cm³/mol. The van der Waals surface area contributed by atoms with Gasteiger partial charge in [-0.3, -0.25) is 0 Å². The molecule has 0 amide bonds. The Morgan fingerprint density at radius 1 is 1.05 bits per heavy atom. The quantitative estimate of drug-likeness (QED) is 0.885. The maximum absolute atomic E-state index is 13.1. The van der Waals surface area contributed by atoms with E-state index in [4.69, 9.17) is 5.73 Å². The van der Waals surface area contributed by atoms with Gasteiger partial charge in [-0.2, -0.15) is 0 Å². The van der Waals surface area contributed by atoms with Gasteiger partial charge in [0.1, 0.15) is 5.82 Å². The van der Waals surface area contributed by atoms with Crippen molar-refractivity contribution in [3.8, 4) is 0 Å². The first kappa shape index (κ1) is 14.5. The number of sulfone groups is 1. The van der Waals surface area contributed by atoms with Crippen LogP contribution in [-0.4, -0.2) is 8.42 Å². The molecule has 3 nitrogen and oxygen atoms in total. The van der Waals surface area contributed by atoms with Gasteiger partial charge in [0, 0.05) is 5.69 Å². The molecule has 0 aliphatic heterocycles. The second-order valence-electron chi connectivity index (χ2n) is 4.85. The molecule has 0 saturated heterocycles. The summed E-state index contributed by atoms with van der Waals surface area (Å²) in [5.41, 5.74) is 7.92. The molecular weight excluding hydrogens is 277 g/mol. The fourth-order valence-electron chi connectivity index (χ4n) is 2.06. The van der Waals surface area contributed by atoms with E-state index in [0.29, 0.717) is 22.4 Å².